The van der Waals surface area contributed by atoms with E-state index < -0.39 is 29.7 Å². The number of amides is 1. The van der Waals surface area contributed by atoms with Crippen LogP contribution in [-0.4, -0.2) is 58.8 Å². The highest BCUT2D eigenvalue weighted by molar-refractivity contribution is 5.85. The quantitative estimate of drug-likeness (QED) is 0.256. The first kappa shape index (κ1) is 21.8. The molecule has 6 N–H and O–H groups in total. The Hall–Kier alpha value is -2.49. The van der Waals surface area contributed by atoms with Crippen molar-refractivity contribution in [2.24, 2.45) is 11.5 Å². The normalized spacial score (nSPS) is 19.5. The fourth-order valence-corrected chi connectivity index (χ4v) is 2.97. The molecule has 9 nitrogen and oxygen atoms in total. The predicted molar refractivity (Wildman–Crippen MR) is 102 cm³/mol. The Morgan fingerprint density at radius 1 is 1.29 bits per heavy atom. The number of nitrogens with zero attached hydrogens (tertiary/aromatic N) is 1. The van der Waals surface area contributed by atoms with E-state index in [4.69, 9.17) is 16.2 Å². The number of carboxylic acid groups (broad SMARTS) is 1. The zero-order valence-electron chi connectivity index (χ0n) is 16.0. The number of likely N-dealkylation sites (tertiary alicyclic amines) is 1. The zero-order valence-corrected chi connectivity index (χ0v) is 16.0. The van der Waals surface area contributed by atoms with Gasteiger partial charge in [-0.2, -0.15) is 0 Å². The van der Waals surface area contributed by atoms with Crippen molar-refractivity contribution in [2.45, 2.75) is 50.5 Å². The van der Waals surface area contributed by atoms with E-state index in [9.17, 15) is 19.5 Å². The maximum Gasteiger partial charge on any atom is 0.341 e. The van der Waals surface area contributed by atoms with Gasteiger partial charge in [-0.3, -0.25) is 4.79 Å². The van der Waals surface area contributed by atoms with Crippen molar-refractivity contribution < 1.29 is 24.2 Å². The number of esters is 1. The molecule has 0 radical (unpaired) electrons. The summed E-state index contributed by atoms with van der Waals surface area (Å²) in [5.74, 6) is -2.25. The van der Waals surface area contributed by atoms with Gasteiger partial charge in [-0.05, 0) is 12.0 Å². The van der Waals surface area contributed by atoms with Crippen LogP contribution in [0.25, 0.3) is 0 Å². The first-order valence-electron chi connectivity index (χ1n) is 9.30. The summed E-state index contributed by atoms with van der Waals surface area (Å²) in [6, 6.07) is 8.70. The summed E-state index contributed by atoms with van der Waals surface area (Å²) in [6.07, 6.45) is -0.405. The molecule has 2 rings (SSSR count). The first-order chi connectivity index (χ1) is 13.2. The van der Waals surface area contributed by atoms with Crippen molar-refractivity contribution in [1.82, 2.24) is 10.2 Å². The third-order valence-corrected chi connectivity index (χ3v) is 4.79. The molecule has 0 aliphatic carbocycles. The maximum atomic E-state index is 12.5. The van der Waals surface area contributed by atoms with Gasteiger partial charge in [0.25, 0.3) is 0 Å². The van der Waals surface area contributed by atoms with Crippen molar-refractivity contribution in [2.75, 3.05) is 13.1 Å². The number of hydrogen-bond acceptors (Lipinski definition) is 7. The minimum Gasteiger partial charge on any atom is -0.480 e. The van der Waals surface area contributed by atoms with Gasteiger partial charge in [-0.25, -0.2) is 9.59 Å². The number of rotatable bonds is 9. The second kappa shape index (κ2) is 9.63. The van der Waals surface area contributed by atoms with Gasteiger partial charge in [-0.1, -0.05) is 37.3 Å². The summed E-state index contributed by atoms with van der Waals surface area (Å²) >= 11 is 0. The summed E-state index contributed by atoms with van der Waals surface area (Å²) in [6.45, 7) is 2.68. The third-order valence-electron chi connectivity index (χ3n) is 4.79. The minimum absolute atomic E-state index is 0.0139. The van der Waals surface area contributed by atoms with Gasteiger partial charge in [0, 0.05) is 25.9 Å². The van der Waals surface area contributed by atoms with Gasteiger partial charge in [-0.15, -0.1) is 0 Å². The summed E-state index contributed by atoms with van der Waals surface area (Å²) in [7, 11) is 0. The molecule has 154 valence electrons. The highest BCUT2D eigenvalue weighted by atomic mass is 16.5. The Balaban J connectivity index is 1.86. The lowest BCUT2D eigenvalue weighted by atomic mass is 10.1. The van der Waals surface area contributed by atoms with Gasteiger partial charge in [0.05, 0.1) is 6.54 Å². The molecular weight excluding hydrogens is 364 g/mol. The average molecular weight is 392 g/mol. The molecule has 0 saturated carbocycles. The van der Waals surface area contributed by atoms with Crippen molar-refractivity contribution >= 4 is 17.8 Å². The number of nitrogens with one attached hydrogen (secondary N) is 1. The molecule has 0 bridgehead atoms. The topological polar surface area (TPSA) is 148 Å². The highest BCUT2D eigenvalue weighted by Gasteiger charge is 2.42. The van der Waals surface area contributed by atoms with Gasteiger partial charge < -0.3 is 31.5 Å². The smallest absolute Gasteiger partial charge is 0.341 e. The predicted octanol–water partition coefficient (Wildman–Crippen LogP) is -0.213. The second-order valence-corrected chi connectivity index (χ2v) is 6.97. The van der Waals surface area contributed by atoms with Gasteiger partial charge >= 0.3 is 11.9 Å². The largest absolute Gasteiger partial charge is 0.480 e. The minimum atomic E-state index is -1.63. The number of benzene rings is 1. The molecule has 0 unspecified atom stereocenters. The summed E-state index contributed by atoms with van der Waals surface area (Å²) in [5, 5.41) is 12.6. The first-order valence-corrected chi connectivity index (χ1v) is 9.30. The summed E-state index contributed by atoms with van der Waals surface area (Å²) in [5.41, 5.74) is 10.8. The molecule has 1 saturated heterocycles. The molecule has 2 atom stereocenters. The molecule has 9 heteroatoms. The summed E-state index contributed by atoms with van der Waals surface area (Å²) < 4.78 is 5.25. The number of carbonyl (C=O) groups is 3. The molecule has 1 heterocycles. The molecule has 0 aromatic heterocycles. The average Bonchev–Trinajstić information content (AvgIpc) is 3.10. The van der Waals surface area contributed by atoms with E-state index in [1.165, 1.54) is 4.90 Å². The van der Waals surface area contributed by atoms with Crippen molar-refractivity contribution in [3.63, 3.8) is 0 Å². The van der Waals surface area contributed by atoms with E-state index in [1.54, 1.807) is 6.92 Å². The number of nitrogens with two attached hydrogens (primary N) is 2. The molecule has 1 aliphatic heterocycles. The van der Waals surface area contributed by atoms with Crippen LogP contribution in [0, 0.1) is 0 Å². The Kier molecular flexibility index (Phi) is 7.50. The van der Waals surface area contributed by atoms with E-state index in [-0.39, 0.29) is 31.7 Å². The van der Waals surface area contributed by atoms with Crippen molar-refractivity contribution in [3.8, 4) is 0 Å². The van der Waals surface area contributed by atoms with Crippen LogP contribution >= 0.6 is 0 Å². The lowest BCUT2D eigenvalue weighted by molar-refractivity contribution is -0.155. The monoisotopic (exact) mass is 392 g/mol. The molecule has 0 spiro atoms. The third kappa shape index (κ3) is 5.75. The van der Waals surface area contributed by atoms with E-state index in [0.717, 1.165) is 5.56 Å². The molecule has 1 amide bonds. The van der Waals surface area contributed by atoms with Crippen LogP contribution in [0.5, 0.6) is 0 Å². The molecule has 1 aromatic rings. The van der Waals surface area contributed by atoms with Gasteiger partial charge in [0.15, 0.2) is 5.66 Å². The number of hydrogen-bond donors (Lipinski definition) is 4. The number of carbonyl (C=O) groups excluding carboxylic acids is 2. The molecule has 28 heavy (non-hydrogen) atoms. The van der Waals surface area contributed by atoms with E-state index >= 15 is 0 Å². The summed E-state index contributed by atoms with van der Waals surface area (Å²) in [4.78, 5) is 37.3. The van der Waals surface area contributed by atoms with Crippen LogP contribution in [0.1, 0.15) is 31.7 Å². The van der Waals surface area contributed by atoms with Gasteiger partial charge in [0.2, 0.25) is 5.91 Å². The lowest BCUT2D eigenvalue weighted by Gasteiger charge is -2.23. The van der Waals surface area contributed by atoms with E-state index in [2.05, 4.69) is 5.32 Å². The standard InChI is InChI=1S/C19H28N4O5/c1-2-19(20,21)18(27)28-14-10-15(17(25)26)23(12-14)16(24)8-9-22-11-13-6-4-3-5-7-13/h3-7,14-15,22H,2,8-12,20-21H2,1H3,(H,25,26)/t14-,15+/m1/s1. The van der Waals surface area contributed by atoms with Crippen LogP contribution in [-0.2, 0) is 25.7 Å². The molecular formula is C19H28N4O5. The van der Waals surface area contributed by atoms with Gasteiger partial charge in [0.1, 0.15) is 12.1 Å². The fourth-order valence-electron chi connectivity index (χ4n) is 2.97. The lowest BCUT2D eigenvalue weighted by Crippen LogP contribution is -2.57. The number of aliphatic carboxylic acids is 1. The molecule has 1 aliphatic rings. The SMILES string of the molecule is CCC(N)(N)C(=O)O[C@@H]1C[C@@H](C(=O)O)N(C(=O)CCNCc2ccccc2)C1. The van der Waals surface area contributed by atoms with Crippen LogP contribution < -0.4 is 16.8 Å². The Labute approximate surface area is 164 Å². The second-order valence-electron chi connectivity index (χ2n) is 6.97. The van der Waals surface area contributed by atoms with Crippen LogP contribution in [0.4, 0.5) is 0 Å². The number of carboxylic acids is 1. The Morgan fingerprint density at radius 2 is 1.96 bits per heavy atom. The Morgan fingerprint density at radius 3 is 2.57 bits per heavy atom. The van der Waals surface area contributed by atoms with E-state index in [1.807, 2.05) is 30.3 Å². The fraction of sp³-hybridized carbons (Fsp3) is 0.526. The number of ether oxygens (including phenoxy) is 1. The van der Waals surface area contributed by atoms with Crippen molar-refractivity contribution in [1.29, 1.82) is 0 Å². The highest BCUT2D eigenvalue weighted by Crippen LogP contribution is 2.22. The molecule has 1 aromatic carbocycles. The van der Waals surface area contributed by atoms with Crippen molar-refractivity contribution in [3.05, 3.63) is 35.9 Å². The van der Waals surface area contributed by atoms with Crippen LogP contribution in [0.2, 0.25) is 0 Å². The van der Waals surface area contributed by atoms with Crippen LogP contribution in [0.15, 0.2) is 30.3 Å². The molecule has 1 fully saturated rings. The maximum absolute atomic E-state index is 12.5. The zero-order chi connectivity index (χ0) is 20.7. The van der Waals surface area contributed by atoms with Crippen LogP contribution in [0.3, 0.4) is 0 Å². The van der Waals surface area contributed by atoms with E-state index in [0.29, 0.717) is 13.1 Å². The Bertz CT molecular complexity index is 695.